The SMILES string of the molecule is Cn1cnc(CN=C(NN)NC2CC2)n1. The van der Waals surface area contributed by atoms with Gasteiger partial charge in [-0.15, -0.1) is 0 Å². The van der Waals surface area contributed by atoms with Gasteiger partial charge in [-0.25, -0.2) is 15.8 Å². The van der Waals surface area contributed by atoms with E-state index in [0.717, 1.165) is 0 Å². The van der Waals surface area contributed by atoms with Gasteiger partial charge in [-0.05, 0) is 12.8 Å². The number of aromatic nitrogens is 3. The van der Waals surface area contributed by atoms with Crippen molar-refractivity contribution in [1.82, 2.24) is 25.5 Å². The highest BCUT2D eigenvalue weighted by Crippen LogP contribution is 2.18. The van der Waals surface area contributed by atoms with E-state index in [1.165, 1.54) is 12.8 Å². The first-order valence-corrected chi connectivity index (χ1v) is 4.90. The number of hydrogen-bond donors (Lipinski definition) is 3. The minimum atomic E-state index is 0.431. The molecular formula is C8H15N7. The summed E-state index contributed by atoms with van der Waals surface area (Å²) in [5.74, 6) is 6.61. The molecule has 0 saturated heterocycles. The van der Waals surface area contributed by atoms with Crippen molar-refractivity contribution in [3.63, 3.8) is 0 Å². The Hall–Kier alpha value is -1.63. The molecule has 0 atom stereocenters. The fourth-order valence-electron chi connectivity index (χ4n) is 1.16. The molecule has 1 aliphatic rings. The van der Waals surface area contributed by atoms with Crippen LogP contribution in [0.5, 0.6) is 0 Å². The second kappa shape index (κ2) is 4.26. The van der Waals surface area contributed by atoms with Crippen molar-refractivity contribution in [3.8, 4) is 0 Å². The predicted octanol–water partition coefficient (Wildman–Crippen LogP) is -1.11. The molecule has 1 saturated carbocycles. The summed E-state index contributed by atoms with van der Waals surface area (Å²) in [5.41, 5.74) is 2.53. The molecule has 7 nitrogen and oxygen atoms in total. The Morgan fingerprint density at radius 3 is 3.07 bits per heavy atom. The van der Waals surface area contributed by atoms with Crippen molar-refractivity contribution < 1.29 is 0 Å². The third kappa shape index (κ3) is 2.91. The zero-order chi connectivity index (χ0) is 10.7. The first kappa shape index (κ1) is 9.91. The molecule has 0 spiro atoms. The van der Waals surface area contributed by atoms with E-state index in [4.69, 9.17) is 5.84 Å². The molecule has 0 aromatic carbocycles. The van der Waals surface area contributed by atoms with Crippen molar-refractivity contribution in [2.24, 2.45) is 17.9 Å². The Balaban J connectivity index is 1.89. The highest BCUT2D eigenvalue weighted by molar-refractivity contribution is 5.79. The summed E-state index contributed by atoms with van der Waals surface area (Å²) >= 11 is 0. The van der Waals surface area contributed by atoms with Crippen molar-refractivity contribution in [1.29, 1.82) is 0 Å². The molecule has 4 N–H and O–H groups in total. The number of hydrogen-bond acceptors (Lipinski definition) is 4. The lowest BCUT2D eigenvalue weighted by Crippen LogP contribution is -2.42. The van der Waals surface area contributed by atoms with Gasteiger partial charge >= 0.3 is 0 Å². The van der Waals surface area contributed by atoms with Crippen LogP contribution in [0.2, 0.25) is 0 Å². The highest BCUT2D eigenvalue weighted by atomic mass is 15.4. The molecule has 0 radical (unpaired) electrons. The monoisotopic (exact) mass is 209 g/mol. The Labute approximate surface area is 87.7 Å². The van der Waals surface area contributed by atoms with E-state index in [1.807, 2.05) is 7.05 Å². The van der Waals surface area contributed by atoms with Crippen LogP contribution in [0.3, 0.4) is 0 Å². The molecule has 82 valence electrons. The van der Waals surface area contributed by atoms with E-state index >= 15 is 0 Å². The fraction of sp³-hybridized carbons (Fsp3) is 0.625. The van der Waals surface area contributed by atoms with E-state index in [2.05, 4.69) is 25.8 Å². The van der Waals surface area contributed by atoms with Gasteiger partial charge < -0.3 is 5.32 Å². The van der Waals surface area contributed by atoms with Crippen LogP contribution in [0.1, 0.15) is 18.7 Å². The van der Waals surface area contributed by atoms with Crippen LogP contribution < -0.4 is 16.6 Å². The van der Waals surface area contributed by atoms with Gasteiger partial charge in [0.15, 0.2) is 5.82 Å². The second-order valence-electron chi connectivity index (χ2n) is 3.56. The van der Waals surface area contributed by atoms with Crippen LogP contribution in [-0.2, 0) is 13.6 Å². The lowest BCUT2D eigenvalue weighted by atomic mass is 10.6. The molecule has 0 bridgehead atoms. The van der Waals surface area contributed by atoms with Crippen molar-refractivity contribution >= 4 is 5.96 Å². The summed E-state index contributed by atoms with van der Waals surface area (Å²) in [4.78, 5) is 8.30. The first-order valence-electron chi connectivity index (χ1n) is 4.90. The van der Waals surface area contributed by atoms with Crippen LogP contribution in [-0.4, -0.2) is 26.8 Å². The standard InChI is InChI=1S/C8H15N7/c1-15-5-11-7(14-15)4-10-8(13-9)12-6-2-3-6/h5-6H,2-4,9H2,1H3,(H2,10,12,13). The highest BCUT2D eigenvalue weighted by Gasteiger charge is 2.21. The normalized spacial score (nSPS) is 16.5. The Bertz CT molecular complexity index is 352. The molecule has 1 fully saturated rings. The number of rotatable bonds is 3. The summed E-state index contributed by atoms with van der Waals surface area (Å²) in [6.45, 7) is 0.431. The minimum absolute atomic E-state index is 0.431. The van der Waals surface area contributed by atoms with Crippen LogP contribution in [0.15, 0.2) is 11.3 Å². The summed E-state index contributed by atoms with van der Waals surface area (Å²) in [7, 11) is 1.82. The van der Waals surface area contributed by atoms with E-state index < -0.39 is 0 Å². The molecule has 1 aliphatic carbocycles. The molecule has 2 rings (SSSR count). The van der Waals surface area contributed by atoms with Gasteiger partial charge in [0.1, 0.15) is 12.9 Å². The van der Waals surface area contributed by atoms with Gasteiger partial charge in [0.05, 0.1) is 0 Å². The molecule has 0 unspecified atom stereocenters. The number of guanidine groups is 1. The van der Waals surface area contributed by atoms with Gasteiger partial charge in [0, 0.05) is 13.1 Å². The molecule has 1 aromatic heterocycles. The van der Waals surface area contributed by atoms with E-state index in [-0.39, 0.29) is 0 Å². The predicted molar refractivity (Wildman–Crippen MR) is 55.6 cm³/mol. The number of nitrogens with zero attached hydrogens (tertiary/aromatic N) is 4. The van der Waals surface area contributed by atoms with Crippen LogP contribution >= 0.6 is 0 Å². The average Bonchev–Trinajstić information content (AvgIpc) is 2.95. The van der Waals surface area contributed by atoms with Gasteiger partial charge in [-0.2, -0.15) is 5.10 Å². The van der Waals surface area contributed by atoms with E-state index in [9.17, 15) is 0 Å². The summed E-state index contributed by atoms with van der Waals surface area (Å²) in [6, 6.07) is 0.525. The maximum Gasteiger partial charge on any atom is 0.206 e. The van der Waals surface area contributed by atoms with Gasteiger partial charge in [0.2, 0.25) is 5.96 Å². The van der Waals surface area contributed by atoms with Gasteiger partial charge in [0.25, 0.3) is 0 Å². The molecule has 1 aromatic rings. The van der Waals surface area contributed by atoms with Crippen LogP contribution in [0, 0.1) is 0 Å². The first-order chi connectivity index (χ1) is 7.28. The molecule has 1 heterocycles. The molecule has 0 aliphatic heterocycles. The topological polar surface area (TPSA) is 93.2 Å². The van der Waals surface area contributed by atoms with Crippen molar-refractivity contribution in [3.05, 3.63) is 12.2 Å². The van der Waals surface area contributed by atoms with E-state index in [0.29, 0.717) is 24.4 Å². The summed E-state index contributed by atoms with van der Waals surface area (Å²) in [5, 5.41) is 7.28. The van der Waals surface area contributed by atoms with Gasteiger partial charge in [-0.3, -0.25) is 10.1 Å². The summed E-state index contributed by atoms with van der Waals surface area (Å²) < 4.78 is 1.65. The smallest absolute Gasteiger partial charge is 0.206 e. The third-order valence-electron chi connectivity index (χ3n) is 2.08. The minimum Gasteiger partial charge on any atom is -0.353 e. The maximum absolute atomic E-state index is 5.33. The number of hydrazine groups is 1. The quantitative estimate of drug-likeness (QED) is 0.254. The Morgan fingerprint density at radius 2 is 2.53 bits per heavy atom. The van der Waals surface area contributed by atoms with Crippen molar-refractivity contribution in [2.45, 2.75) is 25.4 Å². The maximum atomic E-state index is 5.33. The van der Waals surface area contributed by atoms with Crippen LogP contribution in [0.25, 0.3) is 0 Å². The molecule has 7 heteroatoms. The number of nitrogens with two attached hydrogens (primary N) is 1. The molecular weight excluding hydrogens is 194 g/mol. The fourth-order valence-corrected chi connectivity index (χ4v) is 1.16. The number of nitrogens with one attached hydrogen (secondary N) is 2. The van der Waals surface area contributed by atoms with Gasteiger partial charge in [-0.1, -0.05) is 0 Å². The average molecular weight is 209 g/mol. The molecule has 15 heavy (non-hydrogen) atoms. The lowest BCUT2D eigenvalue weighted by Gasteiger charge is -2.06. The number of aliphatic imine (C=N–C) groups is 1. The van der Waals surface area contributed by atoms with Crippen molar-refractivity contribution in [2.75, 3.05) is 0 Å². The van der Waals surface area contributed by atoms with Crippen LogP contribution in [0.4, 0.5) is 0 Å². The third-order valence-corrected chi connectivity index (χ3v) is 2.08. The second-order valence-corrected chi connectivity index (χ2v) is 3.56. The molecule has 0 amide bonds. The Kier molecular flexibility index (Phi) is 2.82. The van der Waals surface area contributed by atoms with E-state index in [1.54, 1.807) is 11.0 Å². The lowest BCUT2D eigenvalue weighted by molar-refractivity contribution is 0.738. The zero-order valence-corrected chi connectivity index (χ0v) is 8.64. The summed E-state index contributed by atoms with van der Waals surface area (Å²) in [6.07, 6.45) is 4.01. The number of aryl methyl sites for hydroxylation is 1. The Morgan fingerprint density at radius 1 is 1.73 bits per heavy atom. The largest absolute Gasteiger partial charge is 0.353 e. The zero-order valence-electron chi connectivity index (χ0n) is 8.64.